The van der Waals surface area contributed by atoms with Crippen LogP contribution in [0, 0.1) is 5.92 Å². The number of carbonyl (C=O) groups is 1. The lowest BCUT2D eigenvalue weighted by atomic mass is 9.93. The number of halogens is 1. The summed E-state index contributed by atoms with van der Waals surface area (Å²) in [4.78, 5) is 18.3. The highest BCUT2D eigenvalue weighted by Crippen LogP contribution is 2.40. The van der Waals surface area contributed by atoms with Gasteiger partial charge in [0, 0.05) is 10.4 Å². The van der Waals surface area contributed by atoms with Crippen LogP contribution in [0.25, 0.3) is 0 Å². The van der Waals surface area contributed by atoms with Gasteiger partial charge in [-0.3, -0.25) is 10.1 Å². The summed E-state index contributed by atoms with van der Waals surface area (Å²) in [5.41, 5.74) is 1.55. The summed E-state index contributed by atoms with van der Waals surface area (Å²) in [5, 5.41) is 3.88. The molecule has 4 rings (SSSR count). The Hall–Kier alpha value is -1.79. The van der Waals surface area contributed by atoms with Crippen LogP contribution < -0.4 is 14.8 Å². The van der Waals surface area contributed by atoms with Gasteiger partial charge in [0.2, 0.25) is 6.79 Å². The number of fused-ring (bicyclic) bond motifs is 2. The molecule has 0 spiro atoms. The molecule has 1 aliphatic carbocycles. The second-order valence-corrected chi connectivity index (χ2v) is 7.37. The summed E-state index contributed by atoms with van der Waals surface area (Å²) in [6.45, 7) is 2.37. The van der Waals surface area contributed by atoms with Gasteiger partial charge < -0.3 is 9.47 Å². The fourth-order valence-corrected chi connectivity index (χ4v) is 4.29. The summed E-state index contributed by atoms with van der Waals surface area (Å²) in [7, 11) is 0. The number of nitrogens with zero attached hydrogens (tertiary/aromatic N) is 1. The Kier molecular flexibility index (Phi) is 3.66. The van der Waals surface area contributed by atoms with E-state index in [2.05, 4.69) is 17.2 Å². The third-order valence-corrected chi connectivity index (χ3v) is 5.41. The molecule has 7 heteroatoms. The highest BCUT2D eigenvalue weighted by atomic mass is 35.5. The van der Waals surface area contributed by atoms with Gasteiger partial charge in [0.05, 0.1) is 10.7 Å². The number of thiazole rings is 1. The summed E-state index contributed by atoms with van der Waals surface area (Å²) in [6, 6.07) is 3.22. The standard InChI is InChI=1S/C16H15ClN2O3S/c1-8-2-3-11-13(4-8)23-16(18-11)19-15(20)9-5-10(17)14-12(6-9)21-7-22-14/h5-6,8H,2-4,7H2,1H3,(H,18,19,20)/t8-/m1/s1. The molecule has 0 saturated carbocycles. The van der Waals surface area contributed by atoms with Crippen molar-refractivity contribution in [2.45, 2.75) is 26.2 Å². The number of anilines is 1. The Morgan fingerprint density at radius 3 is 3.17 bits per heavy atom. The normalized spacial score (nSPS) is 18.6. The first-order valence-electron chi connectivity index (χ1n) is 7.49. The molecule has 0 unspecified atom stereocenters. The van der Waals surface area contributed by atoms with E-state index >= 15 is 0 Å². The van der Waals surface area contributed by atoms with E-state index in [0.717, 1.165) is 25.0 Å². The molecule has 2 aromatic rings. The topological polar surface area (TPSA) is 60.5 Å². The van der Waals surface area contributed by atoms with Gasteiger partial charge in [0.25, 0.3) is 5.91 Å². The lowest BCUT2D eigenvalue weighted by Crippen LogP contribution is -2.12. The highest BCUT2D eigenvalue weighted by Gasteiger charge is 2.23. The first kappa shape index (κ1) is 14.8. The number of amides is 1. The molecule has 120 valence electrons. The fraction of sp³-hybridized carbons (Fsp3) is 0.375. The third kappa shape index (κ3) is 2.77. The molecule has 1 aliphatic heterocycles. The minimum Gasteiger partial charge on any atom is -0.454 e. The van der Waals surface area contributed by atoms with Gasteiger partial charge in [-0.05, 0) is 37.3 Å². The second kappa shape index (κ2) is 5.69. The monoisotopic (exact) mass is 350 g/mol. The molecule has 5 nitrogen and oxygen atoms in total. The van der Waals surface area contributed by atoms with Crippen molar-refractivity contribution in [3.63, 3.8) is 0 Å². The van der Waals surface area contributed by atoms with E-state index in [1.165, 1.54) is 4.88 Å². The van der Waals surface area contributed by atoms with Crippen molar-refractivity contribution >= 4 is 34.0 Å². The van der Waals surface area contributed by atoms with Gasteiger partial charge in [-0.25, -0.2) is 4.98 Å². The maximum absolute atomic E-state index is 12.4. The zero-order chi connectivity index (χ0) is 16.0. The summed E-state index contributed by atoms with van der Waals surface area (Å²) < 4.78 is 10.5. The predicted molar refractivity (Wildman–Crippen MR) is 88.8 cm³/mol. The van der Waals surface area contributed by atoms with Crippen LogP contribution in [0.15, 0.2) is 12.1 Å². The Morgan fingerprint density at radius 1 is 1.43 bits per heavy atom. The summed E-state index contributed by atoms with van der Waals surface area (Å²) in [6.07, 6.45) is 3.18. The average molecular weight is 351 g/mol. The van der Waals surface area contributed by atoms with E-state index in [-0.39, 0.29) is 12.7 Å². The molecule has 0 saturated heterocycles. The van der Waals surface area contributed by atoms with Crippen LogP contribution in [-0.2, 0) is 12.8 Å². The predicted octanol–water partition coefficient (Wildman–Crippen LogP) is 3.90. The van der Waals surface area contributed by atoms with Crippen LogP contribution in [0.2, 0.25) is 5.02 Å². The smallest absolute Gasteiger partial charge is 0.257 e. The maximum atomic E-state index is 12.4. The van der Waals surface area contributed by atoms with Crippen molar-refractivity contribution in [1.82, 2.24) is 4.98 Å². The molecule has 1 amide bonds. The first-order chi connectivity index (χ1) is 11.1. The van der Waals surface area contributed by atoms with Crippen LogP contribution in [0.1, 0.15) is 34.3 Å². The Bertz CT molecular complexity index is 790. The summed E-state index contributed by atoms with van der Waals surface area (Å²) in [5.74, 6) is 1.42. The molecule has 0 fully saturated rings. The van der Waals surface area contributed by atoms with Crippen molar-refractivity contribution in [3.05, 3.63) is 33.3 Å². The van der Waals surface area contributed by atoms with E-state index in [4.69, 9.17) is 21.1 Å². The quantitative estimate of drug-likeness (QED) is 0.892. The van der Waals surface area contributed by atoms with Crippen molar-refractivity contribution in [1.29, 1.82) is 0 Å². The number of hydrogen-bond donors (Lipinski definition) is 1. The second-order valence-electron chi connectivity index (χ2n) is 5.88. The lowest BCUT2D eigenvalue weighted by molar-refractivity contribution is 0.102. The Morgan fingerprint density at radius 2 is 2.30 bits per heavy atom. The van der Waals surface area contributed by atoms with E-state index < -0.39 is 0 Å². The first-order valence-corrected chi connectivity index (χ1v) is 8.68. The maximum Gasteiger partial charge on any atom is 0.257 e. The molecule has 0 radical (unpaired) electrons. The van der Waals surface area contributed by atoms with Crippen molar-refractivity contribution in [3.8, 4) is 11.5 Å². The third-order valence-electron chi connectivity index (χ3n) is 4.10. The average Bonchev–Trinajstić information content (AvgIpc) is 3.12. The molecule has 0 bridgehead atoms. The van der Waals surface area contributed by atoms with E-state index in [1.807, 2.05) is 0 Å². The number of ether oxygens (including phenoxy) is 2. The summed E-state index contributed by atoms with van der Waals surface area (Å²) >= 11 is 7.68. The molecular weight excluding hydrogens is 336 g/mol. The molecule has 23 heavy (non-hydrogen) atoms. The van der Waals surface area contributed by atoms with Crippen molar-refractivity contribution < 1.29 is 14.3 Å². The number of carbonyl (C=O) groups excluding carboxylic acids is 1. The zero-order valence-electron chi connectivity index (χ0n) is 12.5. The van der Waals surface area contributed by atoms with Crippen LogP contribution in [0.5, 0.6) is 11.5 Å². The van der Waals surface area contributed by atoms with Crippen LogP contribution >= 0.6 is 22.9 Å². The molecule has 1 aromatic carbocycles. The van der Waals surface area contributed by atoms with Crippen molar-refractivity contribution in [2.24, 2.45) is 5.92 Å². The minimum absolute atomic E-state index is 0.123. The van der Waals surface area contributed by atoms with E-state index in [1.54, 1.807) is 23.5 Å². The molecule has 2 heterocycles. The lowest BCUT2D eigenvalue weighted by Gasteiger charge is -2.15. The van der Waals surface area contributed by atoms with E-state index in [9.17, 15) is 4.79 Å². The molecule has 1 aromatic heterocycles. The zero-order valence-corrected chi connectivity index (χ0v) is 14.1. The number of aryl methyl sites for hydroxylation is 1. The largest absolute Gasteiger partial charge is 0.454 e. The van der Waals surface area contributed by atoms with Crippen LogP contribution in [0.4, 0.5) is 5.13 Å². The van der Waals surface area contributed by atoms with Gasteiger partial charge in [0.15, 0.2) is 16.6 Å². The SMILES string of the molecule is C[C@@H]1CCc2nc(NC(=O)c3cc(Cl)c4c(c3)OCO4)sc2C1. The van der Waals surface area contributed by atoms with Gasteiger partial charge in [-0.1, -0.05) is 18.5 Å². The van der Waals surface area contributed by atoms with Crippen molar-refractivity contribution in [2.75, 3.05) is 12.1 Å². The molecule has 1 N–H and O–H groups in total. The molecule has 1 atom stereocenters. The number of hydrogen-bond acceptors (Lipinski definition) is 5. The van der Waals surface area contributed by atoms with Crippen LogP contribution in [-0.4, -0.2) is 17.7 Å². The van der Waals surface area contributed by atoms with Gasteiger partial charge in [-0.15, -0.1) is 11.3 Å². The van der Waals surface area contributed by atoms with Gasteiger partial charge >= 0.3 is 0 Å². The van der Waals surface area contributed by atoms with Gasteiger partial charge in [-0.2, -0.15) is 0 Å². The highest BCUT2D eigenvalue weighted by molar-refractivity contribution is 7.15. The number of rotatable bonds is 2. The van der Waals surface area contributed by atoms with Gasteiger partial charge in [0.1, 0.15) is 0 Å². The fourth-order valence-electron chi connectivity index (χ4n) is 2.86. The van der Waals surface area contributed by atoms with E-state index in [0.29, 0.717) is 33.1 Å². The number of benzene rings is 1. The Labute approximate surface area is 142 Å². The minimum atomic E-state index is -0.246. The Balaban J connectivity index is 1.56. The number of nitrogens with one attached hydrogen (secondary N) is 1. The number of aromatic nitrogens is 1. The molecule has 2 aliphatic rings. The molecular formula is C16H15ClN2O3S. The van der Waals surface area contributed by atoms with Crippen LogP contribution in [0.3, 0.4) is 0 Å².